The van der Waals surface area contributed by atoms with Gasteiger partial charge in [0, 0.05) is 39.1 Å². The van der Waals surface area contributed by atoms with Crippen LogP contribution in [0.25, 0.3) is 11.0 Å². The zero-order chi connectivity index (χ0) is 17.3. The number of imidazole rings is 1. The molecule has 2 atom stereocenters. The van der Waals surface area contributed by atoms with Crippen molar-refractivity contribution in [1.82, 2.24) is 14.0 Å². The van der Waals surface area contributed by atoms with Gasteiger partial charge in [-0.25, -0.2) is 4.79 Å². The lowest BCUT2D eigenvalue weighted by molar-refractivity contribution is -0.135. The van der Waals surface area contributed by atoms with Crippen molar-refractivity contribution >= 4 is 29.3 Å². The van der Waals surface area contributed by atoms with E-state index in [2.05, 4.69) is 6.92 Å². The number of hydrogen-bond donors (Lipinski definition) is 1. The van der Waals surface area contributed by atoms with Gasteiger partial charge in [-0.15, -0.1) is 12.4 Å². The summed E-state index contributed by atoms with van der Waals surface area (Å²) in [5.41, 5.74) is 7.54. The molecule has 1 fully saturated rings. The maximum Gasteiger partial charge on any atom is 0.328 e. The van der Waals surface area contributed by atoms with Crippen LogP contribution >= 0.6 is 12.4 Å². The van der Waals surface area contributed by atoms with Gasteiger partial charge in [0.2, 0.25) is 5.91 Å². The third-order valence-electron chi connectivity index (χ3n) is 5.17. The number of hydrogen-bond acceptors (Lipinski definition) is 3. The Morgan fingerprint density at radius 3 is 2.64 bits per heavy atom. The minimum absolute atomic E-state index is 0. The quantitative estimate of drug-likeness (QED) is 0.895. The molecule has 1 amide bonds. The summed E-state index contributed by atoms with van der Waals surface area (Å²) in [7, 11) is 1.76. The van der Waals surface area contributed by atoms with E-state index < -0.39 is 0 Å². The highest BCUT2D eigenvalue weighted by Crippen LogP contribution is 2.22. The topological polar surface area (TPSA) is 73.3 Å². The van der Waals surface area contributed by atoms with Crippen LogP contribution in [-0.4, -0.2) is 39.1 Å². The fourth-order valence-corrected chi connectivity index (χ4v) is 3.73. The number of aryl methyl sites for hydroxylation is 2. The molecule has 6 nitrogen and oxygen atoms in total. The first kappa shape index (κ1) is 19.5. The molecule has 2 heterocycles. The molecule has 2 unspecified atom stereocenters. The van der Waals surface area contributed by atoms with E-state index in [4.69, 9.17) is 5.73 Å². The average Bonchev–Trinajstić information content (AvgIpc) is 2.84. The van der Waals surface area contributed by atoms with Gasteiger partial charge in [0.25, 0.3) is 0 Å². The minimum atomic E-state index is -0.0772. The molecule has 0 aliphatic carbocycles. The predicted octanol–water partition coefficient (Wildman–Crippen LogP) is 1.74. The van der Waals surface area contributed by atoms with E-state index in [1.807, 2.05) is 29.2 Å². The van der Waals surface area contributed by atoms with Crippen molar-refractivity contribution in [1.29, 1.82) is 0 Å². The number of halogens is 1. The Labute approximate surface area is 154 Å². The van der Waals surface area contributed by atoms with Crippen LogP contribution in [0.5, 0.6) is 0 Å². The van der Waals surface area contributed by atoms with Gasteiger partial charge >= 0.3 is 5.69 Å². The molecule has 1 aliphatic heterocycles. The summed E-state index contributed by atoms with van der Waals surface area (Å²) in [6.45, 7) is 3.89. The number of fused-ring (bicyclic) bond motifs is 1. The lowest BCUT2D eigenvalue weighted by Gasteiger charge is -2.38. The summed E-state index contributed by atoms with van der Waals surface area (Å²) >= 11 is 0. The first-order chi connectivity index (χ1) is 11.5. The number of carbonyl (C=O) groups excluding carboxylic acids is 1. The van der Waals surface area contributed by atoms with Crippen LogP contribution in [0.3, 0.4) is 0 Å². The van der Waals surface area contributed by atoms with Crippen molar-refractivity contribution in [2.75, 3.05) is 13.1 Å². The molecule has 2 N–H and O–H groups in total. The molecule has 0 radical (unpaired) electrons. The number of rotatable bonds is 4. The monoisotopic (exact) mass is 366 g/mol. The summed E-state index contributed by atoms with van der Waals surface area (Å²) in [5, 5.41) is 0. The molecule has 0 bridgehead atoms. The Balaban J connectivity index is 0.00000225. The summed E-state index contributed by atoms with van der Waals surface area (Å²) in [6, 6.07) is 7.80. The highest BCUT2D eigenvalue weighted by atomic mass is 35.5. The smallest absolute Gasteiger partial charge is 0.328 e. The largest absolute Gasteiger partial charge is 0.338 e. The molecule has 1 saturated heterocycles. The van der Waals surface area contributed by atoms with Gasteiger partial charge in [-0.3, -0.25) is 13.9 Å². The van der Waals surface area contributed by atoms with Crippen LogP contribution in [0.1, 0.15) is 26.2 Å². The number of nitrogens with two attached hydrogens (primary N) is 1. The van der Waals surface area contributed by atoms with Gasteiger partial charge in [0.1, 0.15) is 0 Å². The molecule has 25 heavy (non-hydrogen) atoms. The molecule has 1 aliphatic rings. The number of piperidine rings is 1. The molecule has 0 saturated carbocycles. The third kappa shape index (κ3) is 3.75. The third-order valence-corrected chi connectivity index (χ3v) is 5.17. The molecular weight excluding hydrogens is 340 g/mol. The molecular formula is C18H27ClN4O2. The summed E-state index contributed by atoms with van der Waals surface area (Å²) < 4.78 is 3.32. The Hall–Kier alpha value is -1.79. The SMILES string of the molecule is CC1CCN(C(=O)CCn2c(=O)n(C)c3ccccc32)C(CN)C1.Cl. The van der Waals surface area contributed by atoms with Gasteiger partial charge in [-0.1, -0.05) is 19.1 Å². The number of aromatic nitrogens is 2. The van der Waals surface area contributed by atoms with Gasteiger partial charge in [-0.2, -0.15) is 0 Å². The van der Waals surface area contributed by atoms with E-state index in [-0.39, 0.29) is 30.0 Å². The van der Waals surface area contributed by atoms with Gasteiger partial charge in [0.05, 0.1) is 11.0 Å². The fourth-order valence-electron chi connectivity index (χ4n) is 3.73. The molecule has 1 aromatic heterocycles. The van der Waals surface area contributed by atoms with Gasteiger partial charge in [-0.05, 0) is 30.9 Å². The Kier molecular flexibility index (Phi) is 6.30. The molecule has 3 rings (SSSR count). The van der Waals surface area contributed by atoms with E-state index >= 15 is 0 Å². The number of nitrogens with zero attached hydrogens (tertiary/aromatic N) is 3. The Bertz CT molecular complexity index is 798. The maximum absolute atomic E-state index is 12.6. The van der Waals surface area contributed by atoms with Crippen molar-refractivity contribution in [3.05, 3.63) is 34.7 Å². The Morgan fingerprint density at radius 2 is 1.96 bits per heavy atom. The average molecular weight is 367 g/mol. The second-order valence-corrected chi connectivity index (χ2v) is 6.84. The van der Waals surface area contributed by atoms with Crippen molar-refractivity contribution in [3.8, 4) is 0 Å². The van der Waals surface area contributed by atoms with Gasteiger partial charge in [0.15, 0.2) is 0 Å². The van der Waals surface area contributed by atoms with Crippen LogP contribution < -0.4 is 11.4 Å². The molecule has 1 aromatic carbocycles. The van der Waals surface area contributed by atoms with Crippen molar-refractivity contribution in [2.24, 2.45) is 18.7 Å². The minimum Gasteiger partial charge on any atom is -0.338 e. The van der Waals surface area contributed by atoms with Crippen LogP contribution in [-0.2, 0) is 18.4 Å². The second-order valence-electron chi connectivity index (χ2n) is 6.84. The number of benzene rings is 1. The van der Waals surface area contributed by atoms with Crippen LogP contribution in [0.4, 0.5) is 0 Å². The summed E-state index contributed by atoms with van der Waals surface area (Å²) in [4.78, 5) is 27.0. The van der Waals surface area contributed by atoms with E-state index in [9.17, 15) is 9.59 Å². The predicted molar refractivity (Wildman–Crippen MR) is 102 cm³/mol. The molecule has 7 heteroatoms. The van der Waals surface area contributed by atoms with Crippen molar-refractivity contribution < 1.29 is 4.79 Å². The highest BCUT2D eigenvalue weighted by Gasteiger charge is 2.28. The lowest BCUT2D eigenvalue weighted by Crippen LogP contribution is -2.49. The molecule has 138 valence electrons. The number of para-hydroxylation sites is 2. The van der Waals surface area contributed by atoms with E-state index in [1.54, 1.807) is 16.2 Å². The summed E-state index contributed by atoms with van der Waals surface area (Å²) in [5.74, 6) is 0.709. The first-order valence-electron chi connectivity index (χ1n) is 8.66. The van der Waals surface area contributed by atoms with Crippen molar-refractivity contribution in [3.63, 3.8) is 0 Å². The number of carbonyl (C=O) groups is 1. The number of amides is 1. The Morgan fingerprint density at radius 1 is 1.28 bits per heavy atom. The van der Waals surface area contributed by atoms with Gasteiger partial charge < -0.3 is 10.6 Å². The zero-order valence-corrected chi connectivity index (χ0v) is 15.7. The van der Waals surface area contributed by atoms with E-state index in [0.29, 0.717) is 25.4 Å². The zero-order valence-electron chi connectivity index (χ0n) is 14.9. The fraction of sp³-hybridized carbons (Fsp3) is 0.556. The van der Waals surface area contributed by atoms with Crippen LogP contribution in [0, 0.1) is 5.92 Å². The lowest BCUT2D eigenvalue weighted by atomic mass is 9.92. The standard InChI is InChI=1S/C18H26N4O2.ClH/c1-13-7-9-21(14(11-13)12-19)17(23)8-10-22-16-6-4-3-5-15(16)20(2)18(22)24;/h3-6,13-14H,7-12,19H2,1-2H3;1H. The van der Waals surface area contributed by atoms with E-state index in [0.717, 1.165) is 30.4 Å². The number of likely N-dealkylation sites (tertiary alicyclic amines) is 1. The highest BCUT2D eigenvalue weighted by molar-refractivity contribution is 5.85. The maximum atomic E-state index is 12.6. The van der Waals surface area contributed by atoms with E-state index in [1.165, 1.54) is 0 Å². The second kappa shape index (κ2) is 8.06. The van der Waals surface area contributed by atoms with Crippen LogP contribution in [0.2, 0.25) is 0 Å². The first-order valence-corrected chi connectivity index (χ1v) is 8.66. The normalized spacial score (nSPS) is 20.5. The molecule has 2 aromatic rings. The van der Waals surface area contributed by atoms with Crippen LogP contribution in [0.15, 0.2) is 29.1 Å². The van der Waals surface area contributed by atoms with Crippen molar-refractivity contribution in [2.45, 2.75) is 38.8 Å². The summed E-state index contributed by atoms with van der Waals surface area (Å²) in [6.07, 6.45) is 2.33. The molecule has 0 spiro atoms.